The van der Waals surface area contributed by atoms with E-state index >= 15 is 0 Å². The van der Waals surface area contributed by atoms with Crippen molar-refractivity contribution in [3.8, 4) is 0 Å². The van der Waals surface area contributed by atoms with E-state index in [0.29, 0.717) is 18.1 Å². The summed E-state index contributed by atoms with van der Waals surface area (Å²) in [5, 5.41) is 0. The minimum absolute atomic E-state index is 0.133. The third-order valence-electron chi connectivity index (χ3n) is 3.83. The summed E-state index contributed by atoms with van der Waals surface area (Å²) >= 11 is 0. The lowest BCUT2D eigenvalue weighted by Gasteiger charge is -2.18. The molecule has 0 aliphatic heterocycles. The van der Waals surface area contributed by atoms with Crippen molar-refractivity contribution in [2.45, 2.75) is 32.6 Å². The number of carbonyl (C=O) groups excluding carboxylic acids is 1. The molecule has 0 bridgehead atoms. The molecule has 0 aliphatic rings. The lowest BCUT2D eigenvalue weighted by Crippen LogP contribution is -2.16. The Labute approximate surface area is 121 Å². The van der Waals surface area contributed by atoms with Gasteiger partial charge in [0.15, 0.2) is 0 Å². The summed E-state index contributed by atoms with van der Waals surface area (Å²) in [5.74, 6) is 0.626. The van der Waals surface area contributed by atoms with Crippen molar-refractivity contribution in [2.75, 3.05) is 0 Å². The molecule has 0 saturated carbocycles. The number of benzene rings is 2. The van der Waals surface area contributed by atoms with Crippen LogP contribution >= 0.6 is 0 Å². The van der Waals surface area contributed by atoms with Gasteiger partial charge in [0, 0.05) is 6.42 Å². The second-order valence-corrected chi connectivity index (χ2v) is 5.44. The summed E-state index contributed by atoms with van der Waals surface area (Å²) < 4.78 is 0. The SMILES string of the molecule is CCC(C)CC(=O)C(c1ccccc1)c1ccccc1. The molecule has 0 spiro atoms. The molecule has 1 unspecified atom stereocenters. The number of hydrogen-bond donors (Lipinski definition) is 0. The van der Waals surface area contributed by atoms with Crippen LogP contribution < -0.4 is 0 Å². The molecule has 0 N–H and O–H groups in total. The number of ketones is 1. The molecule has 0 aromatic heterocycles. The Morgan fingerprint density at radius 2 is 1.35 bits per heavy atom. The molecule has 0 aliphatic carbocycles. The number of carbonyl (C=O) groups is 1. The van der Waals surface area contributed by atoms with Crippen LogP contribution in [0.1, 0.15) is 43.7 Å². The van der Waals surface area contributed by atoms with E-state index in [0.717, 1.165) is 17.5 Å². The second kappa shape index (κ2) is 7.04. The van der Waals surface area contributed by atoms with Crippen LogP contribution in [-0.4, -0.2) is 5.78 Å². The largest absolute Gasteiger partial charge is 0.299 e. The lowest BCUT2D eigenvalue weighted by atomic mass is 9.84. The van der Waals surface area contributed by atoms with E-state index in [2.05, 4.69) is 13.8 Å². The van der Waals surface area contributed by atoms with Gasteiger partial charge in [-0.1, -0.05) is 80.9 Å². The molecule has 0 saturated heterocycles. The number of rotatable bonds is 6. The summed E-state index contributed by atoms with van der Waals surface area (Å²) in [6.45, 7) is 4.28. The number of hydrogen-bond acceptors (Lipinski definition) is 1. The number of Topliss-reactive ketones (excluding diaryl/α,β-unsaturated/α-hetero) is 1. The van der Waals surface area contributed by atoms with Crippen molar-refractivity contribution in [2.24, 2.45) is 5.92 Å². The van der Waals surface area contributed by atoms with Gasteiger partial charge in [0.1, 0.15) is 5.78 Å². The Morgan fingerprint density at radius 1 is 0.900 bits per heavy atom. The van der Waals surface area contributed by atoms with E-state index < -0.39 is 0 Å². The van der Waals surface area contributed by atoms with E-state index in [9.17, 15) is 4.79 Å². The fourth-order valence-corrected chi connectivity index (χ4v) is 2.46. The van der Waals surface area contributed by atoms with Crippen molar-refractivity contribution in [1.29, 1.82) is 0 Å². The molecule has 104 valence electrons. The highest BCUT2D eigenvalue weighted by atomic mass is 16.1. The molecular weight excluding hydrogens is 244 g/mol. The smallest absolute Gasteiger partial charge is 0.144 e. The van der Waals surface area contributed by atoms with Crippen molar-refractivity contribution in [1.82, 2.24) is 0 Å². The molecule has 2 aromatic carbocycles. The fraction of sp³-hybridized carbons (Fsp3) is 0.316. The average molecular weight is 266 g/mol. The normalized spacial score (nSPS) is 12.3. The van der Waals surface area contributed by atoms with Crippen molar-refractivity contribution >= 4 is 5.78 Å². The molecular formula is C19H22O. The summed E-state index contributed by atoms with van der Waals surface area (Å²) in [6, 6.07) is 20.2. The summed E-state index contributed by atoms with van der Waals surface area (Å²) in [4.78, 5) is 12.7. The third kappa shape index (κ3) is 3.57. The van der Waals surface area contributed by atoms with Crippen LogP contribution in [0.4, 0.5) is 0 Å². The molecule has 1 nitrogen and oxygen atoms in total. The topological polar surface area (TPSA) is 17.1 Å². The summed E-state index contributed by atoms with van der Waals surface area (Å²) in [7, 11) is 0. The van der Waals surface area contributed by atoms with Gasteiger partial charge in [-0.3, -0.25) is 4.79 Å². The lowest BCUT2D eigenvalue weighted by molar-refractivity contribution is -0.120. The highest BCUT2D eigenvalue weighted by molar-refractivity contribution is 5.89. The molecule has 0 amide bonds. The van der Waals surface area contributed by atoms with E-state index in [4.69, 9.17) is 0 Å². The van der Waals surface area contributed by atoms with Crippen LogP contribution in [-0.2, 0) is 4.79 Å². The van der Waals surface area contributed by atoms with E-state index in [1.165, 1.54) is 0 Å². The molecule has 1 atom stereocenters. The standard InChI is InChI=1S/C19H22O/c1-3-15(2)14-18(20)19(16-10-6-4-7-11-16)17-12-8-5-9-13-17/h4-13,15,19H,3,14H2,1-2H3. The van der Waals surface area contributed by atoms with Gasteiger partial charge >= 0.3 is 0 Å². The van der Waals surface area contributed by atoms with Crippen molar-refractivity contribution in [3.63, 3.8) is 0 Å². The van der Waals surface area contributed by atoms with Gasteiger partial charge < -0.3 is 0 Å². The Bertz CT molecular complexity index is 491. The summed E-state index contributed by atoms with van der Waals surface area (Å²) in [5.41, 5.74) is 2.18. The van der Waals surface area contributed by atoms with Crippen LogP contribution in [0.2, 0.25) is 0 Å². The molecule has 2 aromatic rings. The van der Waals surface area contributed by atoms with Gasteiger partial charge in [-0.15, -0.1) is 0 Å². The quantitative estimate of drug-likeness (QED) is 0.732. The van der Waals surface area contributed by atoms with Gasteiger partial charge in [-0.2, -0.15) is 0 Å². The monoisotopic (exact) mass is 266 g/mol. The Balaban J connectivity index is 2.33. The Hall–Kier alpha value is -1.89. The maximum Gasteiger partial charge on any atom is 0.144 e. The molecule has 0 heterocycles. The zero-order valence-corrected chi connectivity index (χ0v) is 12.3. The zero-order valence-electron chi connectivity index (χ0n) is 12.3. The van der Waals surface area contributed by atoms with Crippen LogP contribution in [0.15, 0.2) is 60.7 Å². The van der Waals surface area contributed by atoms with Gasteiger partial charge in [-0.05, 0) is 17.0 Å². The van der Waals surface area contributed by atoms with Gasteiger partial charge in [-0.25, -0.2) is 0 Å². The Kier molecular flexibility index (Phi) is 5.11. The van der Waals surface area contributed by atoms with Gasteiger partial charge in [0.2, 0.25) is 0 Å². The molecule has 0 radical (unpaired) electrons. The first-order chi connectivity index (χ1) is 9.72. The fourth-order valence-electron chi connectivity index (χ4n) is 2.46. The van der Waals surface area contributed by atoms with Gasteiger partial charge in [0.25, 0.3) is 0 Å². The maximum atomic E-state index is 12.7. The maximum absolute atomic E-state index is 12.7. The first-order valence-electron chi connectivity index (χ1n) is 7.35. The molecule has 1 heteroatoms. The van der Waals surface area contributed by atoms with Crippen LogP contribution in [0.5, 0.6) is 0 Å². The second-order valence-electron chi connectivity index (χ2n) is 5.44. The minimum atomic E-state index is -0.133. The summed E-state index contributed by atoms with van der Waals surface area (Å²) in [6.07, 6.45) is 1.69. The molecule has 20 heavy (non-hydrogen) atoms. The Morgan fingerprint density at radius 3 is 1.75 bits per heavy atom. The van der Waals surface area contributed by atoms with Gasteiger partial charge in [0.05, 0.1) is 5.92 Å². The van der Waals surface area contributed by atoms with E-state index in [1.807, 2.05) is 60.7 Å². The molecule has 0 fully saturated rings. The first kappa shape index (κ1) is 14.5. The highest BCUT2D eigenvalue weighted by Gasteiger charge is 2.23. The van der Waals surface area contributed by atoms with Crippen LogP contribution in [0, 0.1) is 5.92 Å². The van der Waals surface area contributed by atoms with Crippen LogP contribution in [0.25, 0.3) is 0 Å². The van der Waals surface area contributed by atoms with E-state index in [1.54, 1.807) is 0 Å². The van der Waals surface area contributed by atoms with Crippen molar-refractivity contribution < 1.29 is 4.79 Å². The first-order valence-corrected chi connectivity index (χ1v) is 7.35. The minimum Gasteiger partial charge on any atom is -0.299 e. The van der Waals surface area contributed by atoms with Crippen molar-refractivity contribution in [3.05, 3.63) is 71.8 Å². The highest BCUT2D eigenvalue weighted by Crippen LogP contribution is 2.28. The average Bonchev–Trinajstić information content (AvgIpc) is 2.49. The van der Waals surface area contributed by atoms with Crippen LogP contribution in [0.3, 0.4) is 0 Å². The third-order valence-corrected chi connectivity index (χ3v) is 3.83. The predicted molar refractivity (Wildman–Crippen MR) is 83.8 cm³/mol. The predicted octanol–water partition coefficient (Wildman–Crippen LogP) is 4.82. The zero-order chi connectivity index (χ0) is 14.4. The molecule has 2 rings (SSSR count). The van der Waals surface area contributed by atoms with E-state index in [-0.39, 0.29) is 5.92 Å².